The minimum atomic E-state index is -1.26. The minimum Gasteiger partial charge on any atom is -0.486 e. The predicted octanol–water partition coefficient (Wildman–Crippen LogP) is 4.28. The highest BCUT2D eigenvalue weighted by molar-refractivity contribution is 9.10. The third-order valence-corrected chi connectivity index (χ3v) is 7.20. The SMILES string of the molecule is Cc1cc(C(=O)CN2C(=O)NC(C)(c3ccccc3Br)C2=O)c(C)n1-c1ccc2c(c1)OCCO2. The molecule has 1 fully saturated rings. The Labute approximate surface area is 210 Å². The van der Waals surface area contributed by atoms with Crippen molar-refractivity contribution >= 4 is 33.7 Å². The largest absolute Gasteiger partial charge is 0.486 e. The molecule has 2 aromatic carbocycles. The topological polar surface area (TPSA) is 89.9 Å². The molecule has 0 spiro atoms. The number of carbonyl (C=O) groups excluding carboxylic acids is 3. The zero-order valence-corrected chi connectivity index (χ0v) is 21.1. The summed E-state index contributed by atoms with van der Waals surface area (Å²) in [6, 6.07) is 14.0. The van der Waals surface area contributed by atoms with Crippen molar-refractivity contribution in [1.82, 2.24) is 14.8 Å². The smallest absolute Gasteiger partial charge is 0.325 e. The fourth-order valence-electron chi connectivity index (χ4n) is 4.73. The Morgan fingerprint density at radius 3 is 2.51 bits per heavy atom. The van der Waals surface area contributed by atoms with Crippen LogP contribution < -0.4 is 14.8 Å². The summed E-state index contributed by atoms with van der Waals surface area (Å²) in [4.78, 5) is 40.4. The Morgan fingerprint density at radius 2 is 1.77 bits per heavy atom. The number of halogens is 1. The second kappa shape index (κ2) is 8.57. The highest BCUT2D eigenvalue weighted by Crippen LogP contribution is 2.35. The standard InChI is InChI=1S/C26H24BrN3O5/c1-15-12-18(16(2)30(15)17-8-9-22-23(13-17)35-11-10-34-22)21(31)14-29-24(32)26(3,28-25(29)33)19-6-4-5-7-20(19)27/h4-9,12-13H,10-11,14H2,1-3H3,(H,28,33). The molecule has 5 rings (SSSR count). The molecular formula is C26H24BrN3O5. The van der Waals surface area contributed by atoms with Crippen LogP contribution in [0, 0.1) is 13.8 Å². The van der Waals surface area contributed by atoms with Crippen molar-refractivity contribution in [3.63, 3.8) is 0 Å². The van der Waals surface area contributed by atoms with Crippen molar-refractivity contribution in [3.8, 4) is 17.2 Å². The van der Waals surface area contributed by atoms with Gasteiger partial charge in [-0.2, -0.15) is 0 Å². The van der Waals surface area contributed by atoms with Crippen LogP contribution in [-0.2, 0) is 10.3 Å². The highest BCUT2D eigenvalue weighted by Gasteiger charge is 2.50. The number of rotatable bonds is 5. The number of nitrogens with one attached hydrogen (secondary N) is 1. The molecule has 1 atom stereocenters. The summed E-state index contributed by atoms with van der Waals surface area (Å²) < 4.78 is 13.9. The number of benzene rings is 2. The lowest BCUT2D eigenvalue weighted by Gasteiger charge is -2.23. The molecule has 1 saturated heterocycles. The van der Waals surface area contributed by atoms with E-state index in [2.05, 4.69) is 21.2 Å². The summed E-state index contributed by atoms with van der Waals surface area (Å²) in [5.41, 5.74) is 2.21. The first-order chi connectivity index (χ1) is 16.7. The van der Waals surface area contributed by atoms with Crippen molar-refractivity contribution in [2.24, 2.45) is 0 Å². The molecule has 8 nitrogen and oxygen atoms in total. The summed E-state index contributed by atoms with van der Waals surface area (Å²) in [5, 5.41) is 2.75. The maximum atomic E-state index is 13.3. The monoisotopic (exact) mass is 537 g/mol. The van der Waals surface area contributed by atoms with E-state index in [9.17, 15) is 14.4 Å². The molecule has 9 heteroatoms. The molecule has 2 aliphatic heterocycles. The number of urea groups is 1. The number of ether oxygens (including phenoxy) is 2. The Kier molecular flexibility index (Phi) is 5.67. The Hall–Kier alpha value is -3.59. The van der Waals surface area contributed by atoms with E-state index in [1.54, 1.807) is 31.2 Å². The predicted molar refractivity (Wildman–Crippen MR) is 132 cm³/mol. The molecule has 1 unspecified atom stereocenters. The van der Waals surface area contributed by atoms with E-state index >= 15 is 0 Å². The van der Waals surface area contributed by atoms with Crippen LogP contribution in [0.4, 0.5) is 4.79 Å². The average molecular weight is 538 g/mol. The Morgan fingerprint density at radius 1 is 1.06 bits per heavy atom. The second-order valence-electron chi connectivity index (χ2n) is 8.80. The Balaban J connectivity index is 1.42. The lowest BCUT2D eigenvalue weighted by atomic mass is 9.92. The summed E-state index contributed by atoms with van der Waals surface area (Å²) in [7, 11) is 0. The number of ketones is 1. The number of amides is 3. The number of aromatic nitrogens is 1. The fraction of sp³-hybridized carbons (Fsp3) is 0.269. The molecule has 0 saturated carbocycles. The van der Waals surface area contributed by atoms with Gasteiger partial charge in [-0.05, 0) is 45.0 Å². The van der Waals surface area contributed by atoms with Crippen LogP contribution in [0.15, 0.2) is 53.0 Å². The molecule has 35 heavy (non-hydrogen) atoms. The molecule has 0 radical (unpaired) electrons. The van der Waals surface area contributed by atoms with Gasteiger partial charge in [-0.3, -0.25) is 14.5 Å². The lowest BCUT2D eigenvalue weighted by molar-refractivity contribution is -0.130. The normalized spacial score (nSPS) is 19.1. The van der Waals surface area contributed by atoms with Crippen molar-refractivity contribution in [2.75, 3.05) is 19.8 Å². The number of aryl methyl sites for hydroxylation is 1. The first-order valence-electron chi connectivity index (χ1n) is 11.2. The molecule has 0 bridgehead atoms. The molecule has 3 aromatic rings. The number of Topliss-reactive ketones (excluding diaryl/α,β-unsaturated/α-hetero) is 1. The van der Waals surface area contributed by atoms with Crippen molar-refractivity contribution in [1.29, 1.82) is 0 Å². The van der Waals surface area contributed by atoms with E-state index in [1.807, 2.05) is 42.7 Å². The van der Waals surface area contributed by atoms with Crippen LogP contribution in [-0.4, -0.2) is 46.9 Å². The number of hydrogen-bond acceptors (Lipinski definition) is 5. The van der Waals surface area contributed by atoms with Crippen LogP contribution in [0.1, 0.15) is 34.2 Å². The van der Waals surface area contributed by atoms with E-state index in [0.717, 1.165) is 16.3 Å². The summed E-state index contributed by atoms with van der Waals surface area (Å²) >= 11 is 3.45. The van der Waals surface area contributed by atoms with E-state index in [4.69, 9.17) is 9.47 Å². The van der Waals surface area contributed by atoms with Crippen LogP contribution in [0.25, 0.3) is 5.69 Å². The van der Waals surface area contributed by atoms with Gasteiger partial charge in [-0.1, -0.05) is 34.1 Å². The van der Waals surface area contributed by atoms with E-state index in [1.165, 1.54) is 0 Å². The number of hydrogen-bond donors (Lipinski definition) is 1. The summed E-state index contributed by atoms with van der Waals surface area (Å²) in [6.45, 7) is 6.03. The lowest BCUT2D eigenvalue weighted by Crippen LogP contribution is -2.41. The summed E-state index contributed by atoms with van der Waals surface area (Å²) in [5.74, 6) is 0.551. The van der Waals surface area contributed by atoms with Crippen LogP contribution in [0.2, 0.25) is 0 Å². The van der Waals surface area contributed by atoms with Gasteiger partial charge in [-0.15, -0.1) is 0 Å². The number of fused-ring (bicyclic) bond motifs is 1. The average Bonchev–Trinajstić information content (AvgIpc) is 3.26. The van der Waals surface area contributed by atoms with Crippen molar-refractivity contribution < 1.29 is 23.9 Å². The maximum absolute atomic E-state index is 13.3. The number of nitrogens with zero attached hydrogens (tertiary/aromatic N) is 2. The quantitative estimate of drug-likeness (QED) is 0.387. The van der Waals surface area contributed by atoms with Gasteiger partial charge in [0, 0.05) is 38.7 Å². The van der Waals surface area contributed by atoms with Crippen molar-refractivity contribution in [3.05, 3.63) is 75.5 Å². The third kappa shape index (κ3) is 3.80. The molecule has 2 aliphatic rings. The zero-order valence-electron chi connectivity index (χ0n) is 19.6. The van der Waals surface area contributed by atoms with E-state index < -0.39 is 17.5 Å². The number of imide groups is 1. The molecule has 1 aromatic heterocycles. The van der Waals surface area contributed by atoms with E-state index in [-0.39, 0.29) is 12.3 Å². The maximum Gasteiger partial charge on any atom is 0.325 e. The molecular weight excluding hydrogens is 514 g/mol. The van der Waals surface area contributed by atoms with Gasteiger partial charge in [-0.25, -0.2) is 4.79 Å². The van der Waals surface area contributed by atoms with Gasteiger partial charge in [0.25, 0.3) is 5.91 Å². The number of carbonyl (C=O) groups is 3. The van der Waals surface area contributed by atoms with Gasteiger partial charge >= 0.3 is 6.03 Å². The van der Waals surface area contributed by atoms with Crippen molar-refractivity contribution in [2.45, 2.75) is 26.3 Å². The third-order valence-electron chi connectivity index (χ3n) is 6.50. The zero-order chi connectivity index (χ0) is 24.9. The van der Waals surface area contributed by atoms with Gasteiger partial charge < -0.3 is 19.4 Å². The van der Waals surface area contributed by atoms with Crippen LogP contribution in [0.3, 0.4) is 0 Å². The molecule has 0 aliphatic carbocycles. The van der Waals surface area contributed by atoms with Gasteiger partial charge in [0.1, 0.15) is 18.8 Å². The molecule has 3 heterocycles. The van der Waals surface area contributed by atoms with Gasteiger partial charge in [0.05, 0.1) is 6.54 Å². The first kappa shape index (κ1) is 23.2. The first-order valence-corrected chi connectivity index (χ1v) is 12.0. The van der Waals surface area contributed by atoms with Gasteiger partial charge in [0.2, 0.25) is 0 Å². The second-order valence-corrected chi connectivity index (χ2v) is 9.65. The van der Waals surface area contributed by atoms with Gasteiger partial charge in [0.15, 0.2) is 17.3 Å². The Bertz CT molecular complexity index is 1380. The minimum absolute atomic E-state index is 0.318. The molecule has 180 valence electrons. The molecule has 1 N–H and O–H groups in total. The molecule has 3 amide bonds. The van der Waals surface area contributed by atoms with Crippen LogP contribution in [0.5, 0.6) is 11.5 Å². The summed E-state index contributed by atoms with van der Waals surface area (Å²) in [6.07, 6.45) is 0. The van der Waals surface area contributed by atoms with E-state index in [0.29, 0.717) is 46.0 Å². The highest BCUT2D eigenvalue weighted by atomic mass is 79.9. The fourth-order valence-corrected chi connectivity index (χ4v) is 5.41. The van der Waals surface area contributed by atoms with Crippen LogP contribution >= 0.6 is 15.9 Å².